The third-order valence-electron chi connectivity index (χ3n) is 5.81. The first kappa shape index (κ1) is 13.8. The van der Waals surface area contributed by atoms with Gasteiger partial charge in [-0.15, -0.1) is 0 Å². The molecule has 2 saturated carbocycles. The van der Waals surface area contributed by atoms with Gasteiger partial charge in [-0.05, 0) is 54.6 Å². The molecular formula is C19H27NO. The Morgan fingerprint density at radius 2 is 1.76 bits per heavy atom. The quantitative estimate of drug-likeness (QED) is 0.907. The molecule has 21 heavy (non-hydrogen) atoms. The van der Waals surface area contributed by atoms with E-state index in [1.807, 2.05) is 0 Å². The summed E-state index contributed by atoms with van der Waals surface area (Å²) in [7, 11) is 0. The summed E-state index contributed by atoms with van der Waals surface area (Å²) >= 11 is 0. The molecule has 1 N–H and O–H groups in total. The first-order chi connectivity index (χ1) is 10.4. The highest BCUT2D eigenvalue weighted by molar-refractivity contribution is 5.32. The Bertz CT molecular complexity index is 468. The van der Waals surface area contributed by atoms with Crippen molar-refractivity contribution in [2.24, 2.45) is 11.8 Å². The fourth-order valence-electron chi connectivity index (χ4n) is 4.56. The summed E-state index contributed by atoms with van der Waals surface area (Å²) in [6.07, 6.45) is 8.18. The maximum absolute atomic E-state index is 5.42. The molecule has 2 aliphatic carbocycles. The highest BCUT2D eigenvalue weighted by Crippen LogP contribution is 2.61. The van der Waals surface area contributed by atoms with Gasteiger partial charge in [-0.25, -0.2) is 0 Å². The molecule has 1 heterocycles. The SMILES string of the molecule is c1cc(CNC2CCOCC2)cc(C2[C@H]3CCCC[C@@H]23)c1. The maximum Gasteiger partial charge on any atom is 0.0480 e. The average Bonchev–Trinajstić information content (AvgIpc) is 3.29. The van der Waals surface area contributed by atoms with Gasteiger partial charge in [0.2, 0.25) is 0 Å². The van der Waals surface area contributed by atoms with E-state index in [-0.39, 0.29) is 0 Å². The number of fused-ring (bicyclic) bond motifs is 1. The summed E-state index contributed by atoms with van der Waals surface area (Å²) in [5.74, 6) is 2.91. The van der Waals surface area contributed by atoms with E-state index < -0.39 is 0 Å². The van der Waals surface area contributed by atoms with Gasteiger partial charge in [0.1, 0.15) is 0 Å². The van der Waals surface area contributed by atoms with Crippen LogP contribution in [0.5, 0.6) is 0 Å². The summed E-state index contributed by atoms with van der Waals surface area (Å²) in [4.78, 5) is 0. The minimum absolute atomic E-state index is 0.644. The molecule has 3 aliphatic rings. The van der Waals surface area contributed by atoms with Gasteiger partial charge in [0, 0.05) is 25.8 Å². The van der Waals surface area contributed by atoms with E-state index in [0.29, 0.717) is 6.04 Å². The van der Waals surface area contributed by atoms with E-state index in [1.165, 1.54) is 31.2 Å². The number of rotatable bonds is 4. The summed E-state index contributed by atoms with van der Waals surface area (Å²) in [6.45, 7) is 2.85. The van der Waals surface area contributed by atoms with Crippen molar-refractivity contribution in [1.82, 2.24) is 5.32 Å². The van der Waals surface area contributed by atoms with E-state index in [2.05, 4.69) is 29.6 Å². The second-order valence-electron chi connectivity index (χ2n) is 7.15. The first-order valence-electron chi connectivity index (χ1n) is 8.82. The lowest BCUT2D eigenvalue weighted by Gasteiger charge is -2.23. The van der Waals surface area contributed by atoms with Crippen molar-refractivity contribution < 1.29 is 4.74 Å². The van der Waals surface area contributed by atoms with E-state index in [1.54, 1.807) is 5.56 Å². The Labute approximate surface area is 128 Å². The summed E-state index contributed by atoms with van der Waals surface area (Å²) < 4.78 is 5.42. The molecule has 1 aliphatic heterocycles. The molecule has 2 nitrogen and oxygen atoms in total. The molecule has 1 unspecified atom stereocenters. The van der Waals surface area contributed by atoms with Crippen LogP contribution < -0.4 is 5.32 Å². The van der Waals surface area contributed by atoms with Crippen LogP contribution in [-0.4, -0.2) is 19.3 Å². The van der Waals surface area contributed by atoms with Crippen molar-refractivity contribution in [2.45, 2.75) is 57.0 Å². The van der Waals surface area contributed by atoms with Crippen LogP contribution >= 0.6 is 0 Å². The van der Waals surface area contributed by atoms with Gasteiger partial charge >= 0.3 is 0 Å². The van der Waals surface area contributed by atoms with Gasteiger partial charge in [0.15, 0.2) is 0 Å². The average molecular weight is 285 g/mol. The summed E-state index contributed by atoms with van der Waals surface area (Å²) in [5, 5.41) is 3.71. The van der Waals surface area contributed by atoms with Gasteiger partial charge in [-0.2, -0.15) is 0 Å². The summed E-state index contributed by atoms with van der Waals surface area (Å²) in [6, 6.07) is 10.0. The van der Waals surface area contributed by atoms with Gasteiger partial charge in [-0.3, -0.25) is 0 Å². The lowest BCUT2D eigenvalue weighted by molar-refractivity contribution is 0.0776. The Balaban J connectivity index is 1.37. The zero-order valence-corrected chi connectivity index (χ0v) is 12.9. The minimum atomic E-state index is 0.644. The second kappa shape index (κ2) is 6.10. The molecule has 3 atom stereocenters. The topological polar surface area (TPSA) is 21.3 Å². The van der Waals surface area contributed by atoms with Crippen LogP contribution in [0.2, 0.25) is 0 Å². The Morgan fingerprint density at radius 1 is 1.00 bits per heavy atom. The molecule has 1 aromatic rings. The van der Waals surface area contributed by atoms with Crippen molar-refractivity contribution >= 4 is 0 Å². The summed E-state index contributed by atoms with van der Waals surface area (Å²) in [5.41, 5.74) is 3.07. The van der Waals surface area contributed by atoms with Crippen molar-refractivity contribution in [2.75, 3.05) is 13.2 Å². The molecular weight excluding hydrogens is 258 g/mol. The van der Waals surface area contributed by atoms with Crippen LogP contribution in [0.1, 0.15) is 55.6 Å². The van der Waals surface area contributed by atoms with Gasteiger partial charge in [0.25, 0.3) is 0 Å². The molecule has 0 amide bonds. The Kier molecular flexibility index (Phi) is 4.00. The van der Waals surface area contributed by atoms with Crippen molar-refractivity contribution in [3.63, 3.8) is 0 Å². The smallest absolute Gasteiger partial charge is 0.0480 e. The zero-order valence-electron chi connectivity index (χ0n) is 12.9. The lowest BCUT2D eigenvalue weighted by Crippen LogP contribution is -2.34. The number of nitrogens with one attached hydrogen (secondary N) is 1. The predicted octanol–water partition coefficient (Wildman–Crippen LogP) is 3.86. The van der Waals surface area contributed by atoms with Gasteiger partial charge < -0.3 is 10.1 Å². The third-order valence-corrected chi connectivity index (χ3v) is 5.81. The van der Waals surface area contributed by atoms with Crippen LogP contribution in [0.15, 0.2) is 24.3 Å². The highest BCUT2D eigenvalue weighted by atomic mass is 16.5. The molecule has 2 heteroatoms. The highest BCUT2D eigenvalue weighted by Gasteiger charge is 2.50. The monoisotopic (exact) mass is 285 g/mol. The van der Waals surface area contributed by atoms with E-state index in [4.69, 9.17) is 4.74 Å². The number of hydrogen-bond donors (Lipinski definition) is 1. The molecule has 3 fully saturated rings. The number of hydrogen-bond acceptors (Lipinski definition) is 2. The van der Waals surface area contributed by atoms with Crippen LogP contribution in [0, 0.1) is 11.8 Å². The fraction of sp³-hybridized carbons (Fsp3) is 0.684. The number of benzene rings is 1. The molecule has 4 rings (SSSR count). The molecule has 0 radical (unpaired) electrons. The predicted molar refractivity (Wildman–Crippen MR) is 85.3 cm³/mol. The van der Waals surface area contributed by atoms with Crippen molar-refractivity contribution in [3.05, 3.63) is 35.4 Å². The van der Waals surface area contributed by atoms with Crippen LogP contribution in [-0.2, 0) is 11.3 Å². The van der Waals surface area contributed by atoms with Gasteiger partial charge in [0.05, 0.1) is 0 Å². The number of ether oxygens (including phenoxy) is 1. The normalized spacial score (nSPS) is 32.7. The van der Waals surface area contributed by atoms with Crippen LogP contribution in [0.3, 0.4) is 0 Å². The molecule has 114 valence electrons. The minimum Gasteiger partial charge on any atom is -0.381 e. The first-order valence-corrected chi connectivity index (χ1v) is 8.82. The van der Waals surface area contributed by atoms with E-state index in [9.17, 15) is 0 Å². The lowest BCUT2D eigenvalue weighted by atomic mass is 10.0. The third kappa shape index (κ3) is 3.02. The van der Waals surface area contributed by atoms with Crippen molar-refractivity contribution in [3.8, 4) is 0 Å². The fourth-order valence-corrected chi connectivity index (χ4v) is 4.56. The molecule has 0 aromatic heterocycles. The standard InChI is InChI=1S/C19H27NO/c1-2-7-18-17(6-1)19(18)15-5-3-4-14(12-15)13-20-16-8-10-21-11-9-16/h3-5,12,16-20H,1-2,6-11,13H2/t17-,18+,19?. The van der Waals surface area contributed by atoms with Crippen LogP contribution in [0.4, 0.5) is 0 Å². The Hall–Kier alpha value is -0.860. The van der Waals surface area contributed by atoms with Gasteiger partial charge in [-0.1, -0.05) is 37.1 Å². The maximum atomic E-state index is 5.42. The van der Waals surface area contributed by atoms with E-state index >= 15 is 0 Å². The van der Waals surface area contributed by atoms with Crippen molar-refractivity contribution in [1.29, 1.82) is 0 Å². The second-order valence-corrected chi connectivity index (χ2v) is 7.15. The molecule has 0 spiro atoms. The largest absolute Gasteiger partial charge is 0.381 e. The van der Waals surface area contributed by atoms with E-state index in [0.717, 1.165) is 50.4 Å². The molecule has 0 bridgehead atoms. The Morgan fingerprint density at radius 3 is 2.52 bits per heavy atom. The zero-order chi connectivity index (χ0) is 14.1. The molecule has 1 aromatic carbocycles. The van der Waals surface area contributed by atoms with Crippen LogP contribution in [0.25, 0.3) is 0 Å². The molecule has 1 saturated heterocycles.